The lowest BCUT2D eigenvalue weighted by atomic mass is 10.1. The van der Waals surface area contributed by atoms with Crippen molar-refractivity contribution in [3.05, 3.63) is 29.8 Å². The first-order valence-electron chi connectivity index (χ1n) is 7.37. The van der Waals surface area contributed by atoms with Crippen molar-refractivity contribution in [1.82, 2.24) is 10.2 Å². The van der Waals surface area contributed by atoms with E-state index in [0.717, 1.165) is 0 Å². The molecule has 1 unspecified atom stereocenters. The lowest BCUT2D eigenvalue weighted by Gasteiger charge is -2.20. The van der Waals surface area contributed by atoms with Crippen molar-refractivity contribution >= 4 is 21.8 Å². The number of likely N-dealkylation sites (tertiary alicyclic amines) is 1. The van der Waals surface area contributed by atoms with Gasteiger partial charge in [-0.25, -0.2) is 13.6 Å². The van der Waals surface area contributed by atoms with Crippen LogP contribution in [0, 0.1) is 5.92 Å². The van der Waals surface area contributed by atoms with Gasteiger partial charge in [0.2, 0.25) is 21.8 Å². The van der Waals surface area contributed by atoms with Crippen molar-refractivity contribution in [3.63, 3.8) is 0 Å². The first kappa shape index (κ1) is 17.4. The highest BCUT2D eigenvalue weighted by Crippen LogP contribution is 2.20. The summed E-state index contributed by atoms with van der Waals surface area (Å²) in [5.74, 6) is -0.592. The predicted octanol–water partition coefficient (Wildman–Crippen LogP) is 0.207. The van der Waals surface area contributed by atoms with Crippen LogP contribution in [-0.4, -0.2) is 37.7 Å². The highest BCUT2D eigenvalue weighted by Gasteiger charge is 2.35. The van der Waals surface area contributed by atoms with Crippen LogP contribution >= 0.6 is 0 Å². The fourth-order valence-electron chi connectivity index (χ4n) is 2.57. The molecule has 8 heteroatoms. The number of nitrogens with one attached hydrogen (secondary N) is 1. The molecule has 0 radical (unpaired) electrons. The van der Waals surface area contributed by atoms with Crippen molar-refractivity contribution in [1.29, 1.82) is 0 Å². The third-order valence-electron chi connectivity index (χ3n) is 3.85. The third-order valence-corrected chi connectivity index (χ3v) is 4.76. The number of benzene rings is 1. The molecule has 1 aromatic carbocycles. The van der Waals surface area contributed by atoms with E-state index in [2.05, 4.69) is 5.32 Å². The van der Waals surface area contributed by atoms with Gasteiger partial charge in [-0.2, -0.15) is 0 Å². The van der Waals surface area contributed by atoms with E-state index in [1.54, 1.807) is 17.0 Å². The van der Waals surface area contributed by atoms with E-state index in [-0.39, 0.29) is 41.6 Å². The SMILES string of the molecule is CC(C)N1CC(C(=O)NCc2cccc(S(N)(=O)=O)c2)CC1=O. The van der Waals surface area contributed by atoms with E-state index >= 15 is 0 Å². The Balaban J connectivity index is 1.97. The fourth-order valence-corrected chi connectivity index (χ4v) is 3.16. The molecule has 0 saturated carbocycles. The molecule has 0 aliphatic carbocycles. The molecule has 1 atom stereocenters. The van der Waals surface area contributed by atoms with Gasteiger partial charge in [-0.05, 0) is 31.5 Å². The molecule has 1 aliphatic heterocycles. The molecule has 2 rings (SSSR count). The Morgan fingerprint density at radius 1 is 1.43 bits per heavy atom. The maximum absolute atomic E-state index is 12.2. The van der Waals surface area contributed by atoms with E-state index in [4.69, 9.17) is 5.14 Å². The number of carbonyl (C=O) groups excluding carboxylic acids is 2. The van der Waals surface area contributed by atoms with Crippen LogP contribution in [0.25, 0.3) is 0 Å². The van der Waals surface area contributed by atoms with Gasteiger partial charge in [-0.3, -0.25) is 9.59 Å². The van der Waals surface area contributed by atoms with E-state index in [1.807, 2.05) is 13.8 Å². The molecule has 2 amide bonds. The predicted molar refractivity (Wildman–Crippen MR) is 84.6 cm³/mol. The minimum atomic E-state index is -3.77. The van der Waals surface area contributed by atoms with E-state index in [1.165, 1.54) is 12.1 Å². The Kier molecular flexibility index (Phi) is 5.06. The highest BCUT2D eigenvalue weighted by molar-refractivity contribution is 7.89. The van der Waals surface area contributed by atoms with Gasteiger partial charge in [-0.1, -0.05) is 12.1 Å². The van der Waals surface area contributed by atoms with Gasteiger partial charge in [0.25, 0.3) is 0 Å². The summed E-state index contributed by atoms with van der Waals surface area (Å²) in [5.41, 5.74) is 0.634. The number of nitrogens with two attached hydrogens (primary N) is 1. The number of rotatable bonds is 5. The van der Waals surface area contributed by atoms with Gasteiger partial charge in [0.1, 0.15) is 0 Å². The number of hydrogen-bond donors (Lipinski definition) is 2. The molecular formula is C15H21N3O4S. The van der Waals surface area contributed by atoms with Gasteiger partial charge >= 0.3 is 0 Å². The number of primary sulfonamides is 1. The third kappa shape index (κ3) is 4.29. The Labute approximate surface area is 135 Å². The summed E-state index contributed by atoms with van der Waals surface area (Å²) in [4.78, 5) is 25.7. The maximum atomic E-state index is 12.2. The number of carbonyl (C=O) groups is 2. The molecule has 1 aromatic rings. The summed E-state index contributed by atoms with van der Waals surface area (Å²) in [6.45, 7) is 4.43. The minimum Gasteiger partial charge on any atom is -0.352 e. The average molecular weight is 339 g/mol. The van der Waals surface area contributed by atoms with Crippen molar-refractivity contribution in [2.24, 2.45) is 11.1 Å². The molecule has 1 heterocycles. The molecule has 1 fully saturated rings. The molecule has 0 bridgehead atoms. The monoisotopic (exact) mass is 339 g/mol. The molecule has 7 nitrogen and oxygen atoms in total. The second-order valence-electron chi connectivity index (χ2n) is 5.95. The van der Waals surface area contributed by atoms with E-state index < -0.39 is 10.0 Å². The van der Waals surface area contributed by atoms with Gasteiger partial charge in [-0.15, -0.1) is 0 Å². The first-order valence-corrected chi connectivity index (χ1v) is 8.92. The average Bonchev–Trinajstić information content (AvgIpc) is 2.86. The summed E-state index contributed by atoms with van der Waals surface area (Å²) in [5, 5.41) is 7.83. The van der Waals surface area contributed by atoms with Gasteiger partial charge < -0.3 is 10.2 Å². The van der Waals surface area contributed by atoms with Crippen LogP contribution in [0.2, 0.25) is 0 Å². The summed E-state index contributed by atoms with van der Waals surface area (Å²) in [6, 6.07) is 6.18. The van der Waals surface area contributed by atoms with E-state index in [9.17, 15) is 18.0 Å². The summed E-state index contributed by atoms with van der Waals surface area (Å²) < 4.78 is 22.6. The second-order valence-corrected chi connectivity index (χ2v) is 7.51. The first-order chi connectivity index (χ1) is 10.7. The van der Waals surface area contributed by atoms with Gasteiger partial charge in [0.05, 0.1) is 10.8 Å². The highest BCUT2D eigenvalue weighted by atomic mass is 32.2. The lowest BCUT2D eigenvalue weighted by Crippen LogP contribution is -2.35. The molecule has 0 spiro atoms. The number of hydrogen-bond acceptors (Lipinski definition) is 4. The maximum Gasteiger partial charge on any atom is 0.238 e. The smallest absolute Gasteiger partial charge is 0.238 e. The van der Waals surface area contributed by atoms with E-state index in [0.29, 0.717) is 12.1 Å². The largest absolute Gasteiger partial charge is 0.352 e. The number of amides is 2. The van der Waals surface area contributed by atoms with Crippen molar-refractivity contribution < 1.29 is 18.0 Å². The molecule has 3 N–H and O–H groups in total. The normalized spacial score (nSPS) is 18.5. The molecule has 126 valence electrons. The zero-order valence-electron chi connectivity index (χ0n) is 13.2. The molecule has 1 aliphatic rings. The van der Waals surface area contributed by atoms with Crippen LogP contribution in [-0.2, 0) is 26.2 Å². The summed E-state index contributed by atoms with van der Waals surface area (Å²) in [6.07, 6.45) is 0.210. The second kappa shape index (κ2) is 6.67. The molecule has 1 saturated heterocycles. The lowest BCUT2D eigenvalue weighted by molar-refractivity contribution is -0.130. The topological polar surface area (TPSA) is 110 Å². The van der Waals surface area contributed by atoms with Crippen molar-refractivity contribution in [2.75, 3.05) is 6.54 Å². The standard InChI is InChI=1S/C15H21N3O4S/c1-10(2)18-9-12(7-14(18)19)15(20)17-8-11-4-3-5-13(6-11)23(16,21)22/h3-6,10,12H,7-9H2,1-2H3,(H,17,20)(H2,16,21,22). The van der Waals surface area contributed by atoms with Gasteiger partial charge in [0, 0.05) is 25.6 Å². The Bertz CT molecular complexity index is 715. The Hall–Kier alpha value is -1.93. The van der Waals surface area contributed by atoms with Crippen molar-refractivity contribution in [2.45, 2.75) is 37.8 Å². The minimum absolute atomic E-state index is 0.00581. The molecule has 23 heavy (non-hydrogen) atoms. The number of sulfonamides is 1. The van der Waals surface area contributed by atoms with Crippen LogP contribution in [0.1, 0.15) is 25.8 Å². The molecule has 0 aromatic heterocycles. The zero-order valence-corrected chi connectivity index (χ0v) is 14.0. The summed E-state index contributed by atoms with van der Waals surface area (Å²) >= 11 is 0. The zero-order chi connectivity index (χ0) is 17.2. The van der Waals surface area contributed by atoms with Crippen LogP contribution < -0.4 is 10.5 Å². The van der Waals surface area contributed by atoms with Gasteiger partial charge in [0.15, 0.2) is 0 Å². The molecular weight excluding hydrogens is 318 g/mol. The number of nitrogens with zero attached hydrogens (tertiary/aromatic N) is 1. The van der Waals surface area contributed by atoms with Crippen LogP contribution in [0.5, 0.6) is 0 Å². The van der Waals surface area contributed by atoms with Crippen molar-refractivity contribution in [3.8, 4) is 0 Å². The van der Waals surface area contributed by atoms with Crippen LogP contribution in [0.15, 0.2) is 29.2 Å². The Morgan fingerprint density at radius 3 is 2.70 bits per heavy atom. The Morgan fingerprint density at radius 2 is 2.13 bits per heavy atom. The van der Waals surface area contributed by atoms with Crippen LogP contribution in [0.4, 0.5) is 0 Å². The summed E-state index contributed by atoms with van der Waals surface area (Å²) in [7, 11) is -3.77. The quantitative estimate of drug-likeness (QED) is 0.799. The van der Waals surface area contributed by atoms with Crippen LogP contribution in [0.3, 0.4) is 0 Å². The fraction of sp³-hybridized carbons (Fsp3) is 0.467.